The lowest BCUT2D eigenvalue weighted by molar-refractivity contribution is 0.0628. The summed E-state index contributed by atoms with van der Waals surface area (Å²) in [6.45, 7) is 3.51. The molecule has 5 rings (SSSR count). The van der Waals surface area contributed by atoms with Crippen molar-refractivity contribution < 1.29 is 18.3 Å². The van der Waals surface area contributed by atoms with Crippen LogP contribution >= 0.6 is 0 Å². The van der Waals surface area contributed by atoms with Crippen LogP contribution in [-0.2, 0) is 17.9 Å². The lowest BCUT2D eigenvalue weighted by Gasteiger charge is -2.12. The van der Waals surface area contributed by atoms with Crippen molar-refractivity contribution in [1.82, 2.24) is 25.0 Å². The second-order valence-electron chi connectivity index (χ2n) is 7.59. The third-order valence-corrected chi connectivity index (χ3v) is 5.26. The number of aromatic nitrogens is 5. The van der Waals surface area contributed by atoms with Crippen molar-refractivity contribution in [3.8, 4) is 17.3 Å². The molecule has 168 valence electrons. The van der Waals surface area contributed by atoms with Gasteiger partial charge in [-0.05, 0) is 42.3 Å². The van der Waals surface area contributed by atoms with E-state index < -0.39 is 6.36 Å². The van der Waals surface area contributed by atoms with Crippen LogP contribution in [0, 0.1) is 6.92 Å². The van der Waals surface area contributed by atoms with Crippen LogP contribution in [0.5, 0.6) is 5.75 Å². The van der Waals surface area contributed by atoms with Crippen molar-refractivity contribution in [3.05, 3.63) is 84.0 Å². The summed E-state index contributed by atoms with van der Waals surface area (Å²) in [5, 5.41) is 8.67. The quantitative estimate of drug-likeness (QED) is 0.320. The molecule has 0 saturated heterocycles. The van der Waals surface area contributed by atoms with Gasteiger partial charge in [0.15, 0.2) is 5.69 Å². The van der Waals surface area contributed by atoms with E-state index in [1.165, 1.54) is 6.26 Å². The molecular formula is C24H22FN5O3. The van der Waals surface area contributed by atoms with E-state index in [4.69, 9.17) is 13.9 Å². The van der Waals surface area contributed by atoms with Gasteiger partial charge >= 0.3 is 0 Å². The zero-order valence-corrected chi connectivity index (χ0v) is 17.9. The van der Waals surface area contributed by atoms with Crippen molar-refractivity contribution >= 4 is 10.9 Å². The highest BCUT2D eigenvalue weighted by Gasteiger charge is 2.19. The molecule has 0 fully saturated rings. The number of aromatic amines is 1. The fourth-order valence-corrected chi connectivity index (χ4v) is 3.48. The van der Waals surface area contributed by atoms with Gasteiger partial charge < -0.3 is 18.9 Å². The zero-order valence-electron chi connectivity index (χ0n) is 17.9. The molecule has 0 aliphatic heterocycles. The van der Waals surface area contributed by atoms with Gasteiger partial charge in [0, 0.05) is 17.1 Å². The van der Waals surface area contributed by atoms with Crippen molar-refractivity contribution in [3.63, 3.8) is 0 Å². The summed E-state index contributed by atoms with van der Waals surface area (Å²) in [6.07, 6.45) is 2.93. The van der Waals surface area contributed by atoms with Gasteiger partial charge in [-0.2, -0.15) is 4.39 Å². The minimum atomic E-state index is -1.75. The molecule has 33 heavy (non-hydrogen) atoms. The minimum absolute atomic E-state index is 0.0711. The molecule has 3 heterocycles. The Kier molecular flexibility index (Phi) is 5.86. The molecule has 0 amide bonds. The van der Waals surface area contributed by atoms with E-state index in [1.54, 1.807) is 29.2 Å². The fourth-order valence-electron chi connectivity index (χ4n) is 3.48. The number of benzene rings is 2. The third kappa shape index (κ3) is 4.78. The average molecular weight is 447 g/mol. The van der Waals surface area contributed by atoms with E-state index in [0.29, 0.717) is 37.1 Å². The number of oxazole rings is 1. The third-order valence-electron chi connectivity index (χ3n) is 5.26. The molecule has 8 nitrogen and oxygen atoms in total. The lowest BCUT2D eigenvalue weighted by Crippen LogP contribution is -2.07. The maximum atomic E-state index is 14.8. The van der Waals surface area contributed by atoms with Gasteiger partial charge in [0.2, 0.25) is 5.89 Å². The molecule has 1 N–H and O–H groups in total. The number of ether oxygens (including phenoxy) is 2. The number of fused-ring (bicyclic) bond motifs is 1. The van der Waals surface area contributed by atoms with Crippen LogP contribution in [0.4, 0.5) is 4.39 Å². The Balaban J connectivity index is 1.19. The lowest BCUT2D eigenvalue weighted by atomic mass is 10.1. The van der Waals surface area contributed by atoms with Crippen LogP contribution in [0.15, 0.2) is 71.6 Å². The van der Waals surface area contributed by atoms with Crippen molar-refractivity contribution in [2.24, 2.45) is 0 Å². The molecule has 2 aromatic carbocycles. The molecule has 0 aliphatic carbocycles. The first-order valence-electron chi connectivity index (χ1n) is 10.5. The summed E-state index contributed by atoms with van der Waals surface area (Å²) < 4.78 is 33.1. The van der Waals surface area contributed by atoms with Gasteiger partial charge in [-0.3, -0.25) is 4.68 Å². The molecule has 3 aromatic heterocycles. The molecule has 0 bridgehead atoms. The van der Waals surface area contributed by atoms with Gasteiger partial charge in [0.05, 0.1) is 26.0 Å². The van der Waals surface area contributed by atoms with Gasteiger partial charge in [-0.1, -0.05) is 29.5 Å². The Bertz CT molecular complexity index is 1310. The second kappa shape index (κ2) is 9.25. The van der Waals surface area contributed by atoms with Crippen molar-refractivity contribution in [2.45, 2.75) is 26.4 Å². The van der Waals surface area contributed by atoms with Crippen LogP contribution < -0.4 is 4.74 Å². The predicted octanol–water partition coefficient (Wildman–Crippen LogP) is 4.99. The zero-order chi connectivity index (χ0) is 22.6. The molecule has 1 atom stereocenters. The first-order valence-corrected chi connectivity index (χ1v) is 10.5. The first-order chi connectivity index (χ1) is 16.2. The van der Waals surface area contributed by atoms with Gasteiger partial charge in [-0.25, -0.2) is 4.98 Å². The topological polar surface area (TPSA) is 91.0 Å². The van der Waals surface area contributed by atoms with Crippen LogP contribution in [0.1, 0.15) is 23.2 Å². The molecule has 0 saturated carbocycles. The van der Waals surface area contributed by atoms with Crippen LogP contribution in [-0.4, -0.2) is 31.6 Å². The largest absolute Gasteiger partial charge is 0.454 e. The summed E-state index contributed by atoms with van der Waals surface area (Å²) in [7, 11) is 0. The normalized spacial score (nSPS) is 12.3. The number of nitrogens with zero attached hydrogens (tertiary/aromatic N) is 4. The first kappa shape index (κ1) is 20.9. The molecule has 0 spiro atoms. The molecule has 1 unspecified atom stereocenters. The van der Waals surface area contributed by atoms with Crippen LogP contribution in [0.25, 0.3) is 22.5 Å². The number of aryl methyl sites for hydroxylation is 1. The predicted molar refractivity (Wildman–Crippen MR) is 119 cm³/mol. The van der Waals surface area contributed by atoms with Crippen molar-refractivity contribution in [2.75, 3.05) is 6.61 Å². The van der Waals surface area contributed by atoms with E-state index in [0.717, 1.165) is 22.0 Å². The minimum Gasteiger partial charge on any atom is -0.454 e. The summed E-state index contributed by atoms with van der Waals surface area (Å²) in [6, 6.07) is 15.1. The highest BCUT2D eigenvalue weighted by molar-refractivity contribution is 5.84. The summed E-state index contributed by atoms with van der Waals surface area (Å²) in [5.74, 6) is 0.712. The highest BCUT2D eigenvalue weighted by atomic mass is 19.1. The fraction of sp³-hybridized carbons (Fsp3) is 0.208. The van der Waals surface area contributed by atoms with E-state index in [9.17, 15) is 4.39 Å². The molecule has 0 aliphatic rings. The monoisotopic (exact) mass is 447 g/mol. The van der Waals surface area contributed by atoms with Crippen molar-refractivity contribution in [1.29, 1.82) is 0 Å². The van der Waals surface area contributed by atoms with Crippen LogP contribution in [0.3, 0.4) is 0 Å². The number of nitrogens with one attached hydrogen (secondary N) is 1. The Morgan fingerprint density at radius 2 is 2.09 bits per heavy atom. The summed E-state index contributed by atoms with van der Waals surface area (Å²) >= 11 is 0. The number of rotatable bonds is 9. The summed E-state index contributed by atoms with van der Waals surface area (Å²) in [5.41, 5.74) is 3.65. The number of alkyl halides is 1. The Morgan fingerprint density at radius 3 is 2.91 bits per heavy atom. The van der Waals surface area contributed by atoms with Gasteiger partial charge in [0.25, 0.3) is 6.36 Å². The Labute approximate surface area is 189 Å². The van der Waals surface area contributed by atoms with Gasteiger partial charge in [-0.15, -0.1) is 5.10 Å². The molecule has 0 radical (unpaired) electrons. The Morgan fingerprint density at radius 1 is 1.18 bits per heavy atom. The molecular weight excluding hydrogens is 425 g/mol. The van der Waals surface area contributed by atoms with E-state index in [-0.39, 0.29) is 5.69 Å². The SMILES string of the molecule is Cc1cc(OC(F)c2coc(-c3cc4ccccc4[nH]3)n2)ccc1COCCn1ccnn1. The number of H-pyrrole nitrogens is 1. The number of para-hydroxylation sites is 1. The average Bonchev–Trinajstić information content (AvgIpc) is 3.58. The highest BCUT2D eigenvalue weighted by Crippen LogP contribution is 2.28. The maximum absolute atomic E-state index is 14.8. The summed E-state index contributed by atoms with van der Waals surface area (Å²) in [4.78, 5) is 7.47. The molecule has 9 heteroatoms. The second-order valence-corrected chi connectivity index (χ2v) is 7.59. The van der Waals surface area contributed by atoms with E-state index in [2.05, 4.69) is 20.3 Å². The standard InChI is InChI=1S/C24H22FN5O3/c1-16-12-19(7-6-18(16)14-31-11-10-30-9-8-26-29-30)33-23(25)22-15-32-24(28-22)21-13-17-4-2-3-5-20(17)27-21/h2-9,12-13,15,23,27H,10-11,14H2,1H3. The van der Waals surface area contributed by atoms with Crippen LogP contribution in [0.2, 0.25) is 0 Å². The Hall–Kier alpha value is -3.98. The number of hydrogen-bond acceptors (Lipinski definition) is 6. The molecule has 5 aromatic rings. The number of halogens is 1. The van der Waals surface area contributed by atoms with E-state index in [1.807, 2.05) is 43.3 Å². The smallest absolute Gasteiger partial charge is 0.284 e. The van der Waals surface area contributed by atoms with E-state index >= 15 is 0 Å². The number of hydrogen-bond donors (Lipinski definition) is 1. The van der Waals surface area contributed by atoms with Gasteiger partial charge in [0.1, 0.15) is 17.7 Å². The maximum Gasteiger partial charge on any atom is 0.284 e.